The molecule has 0 radical (unpaired) electrons. The van der Waals surface area contributed by atoms with Gasteiger partial charge in [-0.1, -0.05) is 6.92 Å². The molecule has 0 saturated heterocycles. The lowest BCUT2D eigenvalue weighted by molar-refractivity contribution is -0.144. The van der Waals surface area contributed by atoms with Gasteiger partial charge >= 0.3 is 5.97 Å². The molecule has 1 unspecified atom stereocenters. The number of nitrogens with two attached hydrogens (primary N) is 2. The van der Waals surface area contributed by atoms with E-state index in [1.165, 1.54) is 0 Å². The summed E-state index contributed by atoms with van der Waals surface area (Å²) in [6.07, 6.45) is 0.601. The molecule has 0 aromatic heterocycles. The van der Waals surface area contributed by atoms with E-state index in [0.29, 0.717) is 13.0 Å². The normalized spacial score (nSPS) is 12.7. The second-order valence-corrected chi connectivity index (χ2v) is 1.97. The summed E-state index contributed by atoms with van der Waals surface area (Å²) in [4.78, 5) is 10.7. The lowest BCUT2D eigenvalue weighted by Crippen LogP contribution is -2.32. The molecule has 0 bridgehead atoms. The van der Waals surface area contributed by atoms with Crippen LogP contribution in [-0.2, 0) is 9.53 Å². The Hall–Kier alpha value is -0.610. The molecule has 0 saturated carbocycles. The van der Waals surface area contributed by atoms with E-state index >= 15 is 0 Å². The topological polar surface area (TPSA) is 78.3 Å². The van der Waals surface area contributed by atoms with Gasteiger partial charge in [0.15, 0.2) is 0 Å². The van der Waals surface area contributed by atoms with E-state index in [2.05, 4.69) is 4.74 Å². The average Bonchev–Trinajstić information content (AvgIpc) is 1.98. The van der Waals surface area contributed by atoms with Crippen LogP contribution >= 0.6 is 0 Å². The smallest absolute Gasteiger partial charge is 0.322 e. The van der Waals surface area contributed by atoms with Crippen molar-refractivity contribution < 1.29 is 9.53 Å². The molecule has 60 valence electrons. The molecule has 0 spiro atoms. The van der Waals surface area contributed by atoms with E-state index in [1.54, 1.807) is 0 Å². The molecule has 0 aromatic carbocycles. The van der Waals surface area contributed by atoms with E-state index in [1.807, 2.05) is 6.92 Å². The van der Waals surface area contributed by atoms with Gasteiger partial charge in [0.2, 0.25) is 0 Å². The van der Waals surface area contributed by atoms with Crippen molar-refractivity contribution in [2.24, 2.45) is 11.5 Å². The maximum Gasteiger partial charge on any atom is 0.322 e. The van der Waals surface area contributed by atoms with Crippen LogP contribution in [0.4, 0.5) is 0 Å². The molecule has 4 N–H and O–H groups in total. The van der Waals surface area contributed by atoms with Gasteiger partial charge in [-0.05, 0) is 6.42 Å². The maximum absolute atomic E-state index is 10.7. The van der Waals surface area contributed by atoms with Crippen LogP contribution in [0.5, 0.6) is 0 Å². The van der Waals surface area contributed by atoms with E-state index < -0.39 is 6.04 Å². The van der Waals surface area contributed by atoms with Gasteiger partial charge in [-0.15, -0.1) is 0 Å². The third-order valence-corrected chi connectivity index (χ3v) is 1.10. The predicted octanol–water partition coefficient (Wildman–Crippen LogP) is -0.774. The average molecular weight is 146 g/mol. The van der Waals surface area contributed by atoms with E-state index in [-0.39, 0.29) is 12.6 Å². The second kappa shape index (κ2) is 5.20. The number of esters is 1. The highest BCUT2D eigenvalue weighted by atomic mass is 16.5. The van der Waals surface area contributed by atoms with Gasteiger partial charge in [0, 0.05) is 6.54 Å². The lowest BCUT2D eigenvalue weighted by Gasteiger charge is -2.07. The molecule has 0 fully saturated rings. The lowest BCUT2D eigenvalue weighted by atomic mass is 10.2. The minimum atomic E-state index is -0.494. The van der Waals surface area contributed by atoms with Gasteiger partial charge in [-0.25, -0.2) is 0 Å². The Bertz CT molecular complexity index is 106. The molecule has 4 nitrogen and oxygen atoms in total. The molecular weight excluding hydrogens is 132 g/mol. The highest BCUT2D eigenvalue weighted by Crippen LogP contribution is 1.89. The van der Waals surface area contributed by atoms with Crippen molar-refractivity contribution in [3.63, 3.8) is 0 Å². The summed E-state index contributed by atoms with van der Waals surface area (Å²) in [5.41, 5.74) is 10.4. The van der Waals surface area contributed by atoms with Crippen molar-refractivity contribution in [1.82, 2.24) is 0 Å². The summed E-state index contributed by atoms with van der Waals surface area (Å²) in [6.45, 7) is 2.43. The zero-order valence-electron chi connectivity index (χ0n) is 6.17. The molecule has 0 aliphatic heterocycles. The molecule has 0 heterocycles. The zero-order chi connectivity index (χ0) is 7.98. The fourth-order valence-corrected chi connectivity index (χ4v) is 0.433. The maximum atomic E-state index is 10.7. The summed E-state index contributed by atoms with van der Waals surface area (Å²) in [5.74, 6) is -0.368. The summed E-state index contributed by atoms with van der Waals surface area (Å²) in [7, 11) is 0. The first-order valence-corrected chi connectivity index (χ1v) is 3.34. The third-order valence-electron chi connectivity index (χ3n) is 1.10. The van der Waals surface area contributed by atoms with Crippen LogP contribution in [0.1, 0.15) is 13.3 Å². The van der Waals surface area contributed by atoms with Gasteiger partial charge in [-0.2, -0.15) is 0 Å². The summed E-state index contributed by atoms with van der Waals surface area (Å²) >= 11 is 0. The molecule has 10 heavy (non-hydrogen) atoms. The van der Waals surface area contributed by atoms with E-state index in [9.17, 15) is 4.79 Å². The second-order valence-electron chi connectivity index (χ2n) is 1.97. The van der Waals surface area contributed by atoms with Gasteiger partial charge < -0.3 is 16.2 Å². The van der Waals surface area contributed by atoms with E-state index in [4.69, 9.17) is 11.5 Å². The summed E-state index contributed by atoms with van der Waals surface area (Å²) < 4.78 is 4.65. The van der Waals surface area contributed by atoms with Crippen LogP contribution < -0.4 is 11.5 Å². The first-order chi connectivity index (χ1) is 4.72. The molecule has 0 amide bonds. The van der Waals surface area contributed by atoms with Gasteiger partial charge in [0.05, 0.1) is 0 Å². The number of ether oxygens (including phenoxy) is 1. The van der Waals surface area contributed by atoms with Crippen LogP contribution in [0, 0.1) is 0 Å². The first-order valence-electron chi connectivity index (χ1n) is 3.34. The van der Waals surface area contributed by atoms with Crippen molar-refractivity contribution in [3.8, 4) is 0 Å². The van der Waals surface area contributed by atoms with E-state index in [0.717, 1.165) is 0 Å². The standard InChI is InChI=1S/C6H14N2O2/c1-2-5(8)6(9)10-4-3-7/h5H,2-4,7-8H2,1H3. The monoisotopic (exact) mass is 146 g/mol. The number of hydrogen-bond donors (Lipinski definition) is 2. The molecule has 0 aromatic rings. The molecular formula is C6H14N2O2. The number of carbonyl (C=O) groups excluding carboxylic acids is 1. The van der Waals surface area contributed by atoms with Gasteiger partial charge in [0.25, 0.3) is 0 Å². The Morgan fingerprint density at radius 1 is 1.70 bits per heavy atom. The molecule has 4 heteroatoms. The molecule has 1 atom stereocenters. The Morgan fingerprint density at radius 2 is 2.30 bits per heavy atom. The third kappa shape index (κ3) is 3.42. The highest BCUT2D eigenvalue weighted by molar-refractivity contribution is 5.75. The largest absolute Gasteiger partial charge is 0.463 e. The highest BCUT2D eigenvalue weighted by Gasteiger charge is 2.10. The minimum Gasteiger partial charge on any atom is -0.463 e. The van der Waals surface area contributed by atoms with Crippen molar-refractivity contribution in [3.05, 3.63) is 0 Å². The van der Waals surface area contributed by atoms with Crippen LogP contribution in [0.15, 0.2) is 0 Å². The molecule has 0 rings (SSSR count). The van der Waals surface area contributed by atoms with Gasteiger partial charge in [0.1, 0.15) is 12.6 Å². The fourth-order valence-electron chi connectivity index (χ4n) is 0.433. The fraction of sp³-hybridized carbons (Fsp3) is 0.833. The zero-order valence-corrected chi connectivity index (χ0v) is 6.17. The van der Waals surface area contributed by atoms with Crippen molar-refractivity contribution in [2.45, 2.75) is 19.4 Å². The molecule has 0 aliphatic rings. The number of rotatable bonds is 4. The van der Waals surface area contributed by atoms with Crippen LogP contribution in [0.25, 0.3) is 0 Å². The quantitative estimate of drug-likeness (QED) is 0.510. The number of hydrogen-bond acceptors (Lipinski definition) is 4. The SMILES string of the molecule is CCC(N)C(=O)OCCN. The van der Waals surface area contributed by atoms with Crippen molar-refractivity contribution in [1.29, 1.82) is 0 Å². The summed E-state index contributed by atoms with van der Waals surface area (Å²) in [5, 5.41) is 0. The molecule has 0 aliphatic carbocycles. The van der Waals surface area contributed by atoms with Crippen molar-refractivity contribution >= 4 is 5.97 Å². The Kier molecular flexibility index (Phi) is 4.88. The van der Waals surface area contributed by atoms with Crippen LogP contribution in [0.2, 0.25) is 0 Å². The summed E-state index contributed by atoms with van der Waals surface area (Å²) in [6, 6.07) is -0.494. The Labute approximate surface area is 60.5 Å². The van der Waals surface area contributed by atoms with Gasteiger partial charge in [-0.3, -0.25) is 4.79 Å². The van der Waals surface area contributed by atoms with Crippen LogP contribution in [0.3, 0.4) is 0 Å². The first kappa shape index (κ1) is 9.39. The van der Waals surface area contributed by atoms with Crippen molar-refractivity contribution in [2.75, 3.05) is 13.2 Å². The van der Waals surface area contributed by atoms with Crippen LogP contribution in [-0.4, -0.2) is 25.2 Å². The number of carbonyl (C=O) groups is 1. The minimum absolute atomic E-state index is 0.256. The Morgan fingerprint density at radius 3 is 2.70 bits per heavy atom. The predicted molar refractivity (Wildman–Crippen MR) is 38.3 cm³/mol. The Balaban J connectivity index is 3.42.